The summed E-state index contributed by atoms with van der Waals surface area (Å²) in [7, 11) is 0. The zero-order chi connectivity index (χ0) is 18.2. The van der Waals surface area contributed by atoms with Gasteiger partial charge in [0.25, 0.3) is 0 Å². The highest BCUT2D eigenvalue weighted by Crippen LogP contribution is 2.41. The predicted molar refractivity (Wildman–Crippen MR) is 101 cm³/mol. The molecule has 0 saturated heterocycles. The first-order valence-electron chi connectivity index (χ1n) is 9.82. The van der Waals surface area contributed by atoms with Crippen LogP contribution in [0.1, 0.15) is 86.5 Å². The SMILES string of the molecule is CCCCCCCCC(C(C)(C)C)C(C)(C)OC1C=CC(O)CO1. The van der Waals surface area contributed by atoms with Gasteiger partial charge in [0.15, 0.2) is 6.29 Å². The molecule has 1 heterocycles. The molecule has 0 spiro atoms. The number of ether oxygens (including phenoxy) is 2. The third-order valence-electron chi connectivity index (χ3n) is 5.07. The number of aliphatic hydroxyl groups is 1. The lowest BCUT2D eigenvalue weighted by molar-refractivity contribution is -0.215. The Kier molecular flexibility index (Phi) is 8.97. The molecule has 0 fully saturated rings. The Hall–Kier alpha value is -0.380. The van der Waals surface area contributed by atoms with E-state index in [2.05, 4.69) is 41.5 Å². The molecule has 0 aromatic rings. The van der Waals surface area contributed by atoms with Crippen LogP contribution < -0.4 is 0 Å². The highest BCUT2D eigenvalue weighted by molar-refractivity contribution is 4.97. The second kappa shape index (κ2) is 9.94. The molecule has 0 aliphatic carbocycles. The lowest BCUT2D eigenvalue weighted by Crippen LogP contribution is -2.45. The Bertz CT molecular complexity index is 368. The average Bonchev–Trinajstić information content (AvgIpc) is 2.47. The van der Waals surface area contributed by atoms with Gasteiger partial charge in [-0.25, -0.2) is 0 Å². The fourth-order valence-electron chi connectivity index (χ4n) is 3.93. The molecule has 0 amide bonds. The zero-order valence-electron chi connectivity index (χ0n) is 16.8. The molecule has 0 saturated carbocycles. The Balaban J connectivity index is 2.56. The van der Waals surface area contributed by atoms with Crippen LogP contribution in [0.3, 0.4) is 0 Å². The normalized spacial score (nSPS) is 23.5. The highest BCUT2D eigenvalue weighted by atomic mass is 16.7. The molecular weight excluding hydrogens is 300 g/mol. The minimum absolute atomic E-state index is 0.185. The van der Waals surface area contributed by atoms with Gasteiger partial charge in [0, 0.05) is 0 Å². The van der Waals surface area contributed by atoms with Crippen LogP contribution in [-0.4, -0.2) is 29.7 Å². The maximum absolute atomic E-state index is 9.50. The molecule has 1 aliphatic heterocycles. The fraction of sp³-hybridized carbons (Fsp3) is 0.905. The van der Waals surface area contributed by atoms with Gasteiger partial charge < -0.3 is 14.6 Å². The van der Waals surface area contributed by atoms with Gasteiger partial charge in [-0.05, 0) is 37.7 Å². The first kappa shape index (κ1) is 21.7. The Labute approximate surface area is 149 Å². The summed E-state index contributed by atoms with van der Waals surface area (Å²) in [5.74, 6) is 0.458. The molecule has 0 bridgehead atoms. The smallest absolute Gasteiger partial charge is 0.177 e. The average molecular weight is 341 g/mol. The van der Waals surface area contributed by atoms with E-state index in [0.717, 1.165) is 0 Å². The molecule has 1 aliphatic rings. The Morgan fingerprint density at radius 2 is 1.67 bits per heavy atom. The van der Waals surface area contributed by atoms with Crippen LogP contribution >= 0.6 is 0 Å². The molecular formula is C21H40O3. The third kappa shape index (κ3) is 7.67. The second-order valence-electron chi connectivity index (χ2n) is 8.85. The van der Waals surface area contributed by atoms with Gasteiger partial charge in [-0.3, -0.25) is 0 Å². The molecule has 1 rings (SSSR count). The number of hydrogen-bond donors (Lipinski definition) is 1. The van der Waals surface area contributed by atoms with E-state index in [-0.39, 0.29) is 17.3 Å². The summed E-state index contributed by atoms with van der Waals surface area (Å²) in [5, 5.41) is 9.50. The monoisotopic (exact) mass is 340 g/mol. The summed E-state index contributed by atoms with van der Waals surface area (Å²) in [6, 6.07) is 0. The van der Waals surface area contributed by atoms with Gasteiger partial charge in [-0.1, -0.05) is 72.3 Å². The topological polar surface area (TPSA) is 38.7 Å². The lowest BCUT2D eigenvalue weighted by atomic mass is 9.69. The minimum Gasteiger partial charge on any atom is -0.387 e. The van der Waals surface area contributed by atoms with E-state index in [1.165, 1.54) is 44.9 Å². The molecule has 0 aromatic carbocycles. The molecule has 3 heteroatoms. The van der Waals surface area contributed by atoms with Crippen LogP contribution in [0.4, 0.5) is 0 Å². The first-order valence-corrected chi connectivity index (χ1v) is 9.82. The van der Waals surface area contributed by atoms with Crippen molar-refractivity contribution in [3.8, 4) is 0 Å². The summed E-state index contributed by atoms with van der Waals surface area (Å²) in [6.07, 6.45) is 11.9. The van der Waals surface area contributed by atoms with E-state index in [1.54, 1.807) is 6.08 Å². The highest BCUT2D eigenvalue weighted by Gasteiger charge is 2.40. The van der Waals surface area contributed by atoms with Gasteiger partial charge in [0.1, 0.15) is 0 Å². The van der Waals surface area contributed by atoms with Crippen molar-refractivity contribution in [2.75, 3.05) is 6.61 Å². The van der Waals surface area contributed by atoms with Crippen molar-refractivity contribution in [3.63, 3.8) is 0 Å². The van der Waals surface area contributed by atoms with E-state index in [4.69, 9.17) is 9.47 Å². The molecule has 3 unspecified atom stereocenters. The Morgan fingerprint density at radius 1 is 1.04 bits per heavy atom. The molecule has 3 nitrogen and oxygen atoms in total. The lowest BCUT2D eigenvalue weighted by Gasteiger charge is -2.44. The summed E-state index contributed by atoms with van der Waals surface area (Å²) >= 11 is 0. The van der Waals surface area contributed by atoms with Crippen molar-refractivity contribution in [1.82, 2.24) is 0 Å². The molecule has 142 valence electrons. The van der Waals surface area contributed by atoms with E-state index < -0.39 is 6.10 Å². The van der Waals surface area contributed by atoms with Crippen molar-refractivity contribution in [2.24, 2.45) is 11.3 Å². The van der Waals surface area contributed by atoms with Crippen LogP contribution in [0, 0.1) is 11.3 Å². The third-order valence-corrected chi connectivity index (χ3v) is 5.07. The van der Waals surface area contributed by atoms with Crippen LogP contribution in [0.25, 0.3) is 0 Å². The van der Waals surface area contributed by atoms with Gasteiger partial charge in [0.2, 0.25) is 0 Å². The maximum atomic E-state index is 9.50. The maximum Gasteiger partial charge on any atom is 0.177 e. The van der Waals surface area contributed by atoms with Crippen molar-refractivity contribution in [2.45, 2.75) is 104 Å². The number of hydrogen-bond acceptors (Lipinski definition) is 3. The first-order chi connectivity index (χ1) is 11.2. The number of aliphatic hydroxyl groups excluding tert-OH is 1. The largest absolute Gasteiger partial charge is 0.387 e. The van der Waals surface area contributed by atoms with E-state index in [1.807, 2.05) is 6.08 Å². The summed E-state index contributed by atoms with van der Waals surface area (Å²) < 4.78 is 11.9. The fourth-order valence-corrected chi connectivity index (χ4v) is 3.93. The molecule has 0 radical (unpaired) electrons. The van der Waals surface area contributed by atoms with E-state index in [0.29, 0.717) is 12.5 Å². The van der Waals surface area contributed by atoms with Crippen LogP contribution in [-0.2, 0) is 9.47 Å². The number of unbranched alkanes of at least 4 members (excludes halogenated alkanes) is 5. The van der Waals surface area contributed by atoms with Crippen molar-refractivity contribution in [1.29, 1.82) is 0 Å². The van der Waals surface area contributed by atoms with Gasteiger partial charge in [-0.15, -0.1) is 0 Å². The van der Waals surface area contributed by atoms with Crippen LogP contribution in [0.5, 0.6) is 0 Å². The van der Waals surface area contributed by atoms with E-state index >= 15 is 0 Å². The van der Waals surface area contributed by atoms with E-state index in [9.17, 15) is 5.11 Å². The van der Waals surface area contributed by atoms with Crippen molar-refractivity contribution in [3.05, 3.63) is 12.2 Å². The minimum atomic E-state index is -0.505. The molecule has 1 N–H and O–H groups in total. The standard InChI is InChI=1S/C21H40O3/c1-7-8-9-10-11-12-13-18(20(2,3)4)21(5,6)24-19-15-14-17(22)16-23-19/h14-15,17-19,22H,7-13,16H2,1-6H3. The van der Waals surface area contributed by atoms with Gasteiger partial charge >= 0.3 is 0 Å². The summed E-state index contributed by atoms with van der Waals surface area (Å²) in [5.41, 5.74) is -0.0796. The van der Waals surface area contributed by atoms with Gasteiger partial charge in [-0.2, -0.15) is 0 Å². The summed E-state index contributed by atoms with van der Waals surface area (Å²) in [6.45, 7) is 13.9. The predicted octanol–water partition coefficient (Wildman–Crippen LogP) is 5.47. The molecule has 24 heavy (non-hydrogen) atoms. The zero-order valence-corrected chi connectivity index (χ0v) is 16.8. The van der Waals surface area contributed by atoms with Crippen molar-refractivity contribution >= 4 is 0 Å². The summed E-state index contributed by atoms with van der Waals surface area (Å²) in [4.78, 5) is 0. The second-order valence-corrected chi connectivity index (χ2v) is 8.85. The van der Waals surface area contributed by atoms with Gasteiger partial charge in [0.05, 0.1) is 18.3 Å². The van der Waals surface area contributed by atoms with Crippen molar-refractivity contribution < 1.29 is 14.6 Å². The quantitative estimate of drug-likeness (QED) is 0.423. The van der Waals surface area contributed by atoms with Crippen LogP contribution in [0.15, 0.2) is 12.2 Å². The Morgan fingerprint density at radius 3 is 2.21 bits per heavy atom. The van der Waals surface area contributed by atoms with Crippen LogP contribution in [0.2, 0.25) is 0 Å². The number of rotatable bonds is 10. The molecule has 3 atom stereocenters. The molecule has 0 aromatic heterocycles.